The third kappa shape index (κ3) is 1.85. The van der Waals surface area contributed by atoms with Crippen molar-refractivity contribution in [3.63, 3.8) is 0 Å². The minimum atomic E-state index is -0.0919. The molecule has 0 fully saturated rings. The van der Waals surface area contributed by atoms with E-state index in [0.29, 0.717) is 13.0 Å². The molecule has 0 unspecified atom stereocenters. The molecule has 60 valence electrons. The zero-order valence-electron chi connectivity index (χ0n) is 6.12. The molecular formula is C8H11NO2. The van der Waals surface area contributed by atoms with Crippen LogP contribution in [-0.2, 0) is 6.42 Å². The molecule has 1 aromatic rings. The number of benzene rings is 1. The highest BCUT2D eigenvalue weighted by Gasteiger charge is 1.98. The van der Waals surface area contributed by atoms with Gasteiger partial charge in [0.25, 0.3) is 0 Å². The van der Waals surface area contributed by atoms with Gasteiger partial charge in [0, 0.05) is 0 Å². The Kier molecular flexibility index (Phi) is 2.33. The lowest BCUT2D eigenvalue weighted by Crippen LogP contribution is -2.02. The van der Waals surface area contributed by atoms with Crippen molar-refractivity contribution in [2.75, 3.05) is 6.54 Å². The summed E-state index contributed by atoms with van der Waals surface area (Å²) in [6, 6.07) is 4.71. The highest BCUT2D eigenvalue weighted by Crippen LogP contribution is 2.24. The molecule has 0 aliphatic heterocycles. The van der Waals surface area contributed by atoms with Crippen LogP contribution in [0.4, 0.5) is 0 Å². The van der Waals surface area contributed by atoms with Gasteiger partial charge >= 0.3 is 0 Å². The molecule has 11 heavy (non-hydrogen) atoms. The van der Waals surface area contributed by atoms with Gasteiger partial charge < -0.3 is 15.9 Å². The van der Waals surface area contributed by atoms with Crippen LogP contribution in [0.3, 0.4) is 0 Å². The topological polar surface area (TPSA) is 66.5 Å². The second kappa shape index (κ2) is 3.25. The van der Waals surface area contributed by atoms with Crippen molar-refractivity contribution in [3.05, 3.63) is 23.8 Å². The van der Waals surface area contributed by atoms with E-state index in [1.165, 1.54) is 12.1 Å². The molecule has 0 aliphatic carbocycles. The average Bonchev–Trinajstić information content (AvgIpc) is 1.98. The van der Waals surface area contributed by atoms with Gasteiger partial charge in [-0.05, 0) is 30.7 Å². The van der Waals surface area contributed by atoms with Crippen molar-refractivity contribution in [2.24, 2.45) is 5.73 Å². The largest absolute Gasteiger partial charge is 0.504 e. The van der Waals surface area contributed by atoms with E-state index in [0.717, 1.165) is 5.56 Å². The predicted octanol–water partition coefficient (Wildman–Crippen LogP) is 0.599. The molecule has 0 heterocycles. The Morgan fingerprint density at radius 3 is 2.45 bits per heavy atom. The second-order valence-electron chi connectivity index (χ2n) is 2.36. The Bertz CT molecular complexity index is 248. The van der Waals surface area contributed by atoms with Crippen molar-refractivity contribution >= 4 is 0 Å². The average molecular weight is 156 g/mol. The molecule has 0 saturated carbocycles. The van der Waals surface area contributed by atoms with Gasteiger partial charge in [0.2, 0.25) is 0 Å². The summed E-state index contributed by atoms with van der Waals surface area (Å²) in [4.78, 5) is 0. The highest BCUT2D eigenvalue weighted by atomic mass is 16.4. The van der Waals surface area contributed by atoms with Gasteiger partial charge in [-0.25, -0.2) is 0 Å². The molecule has 0 aromatic heterocycles. The molecule has 0 amide bonds. The first-order valence-electron chi connectivity index (χ1n) is 3.45. The molecular weight excluding hydrogens is 145 g/mol. The summed E-state index contributed by atoms with van der Waals surface area (Å²) in [7, 11) is 0. The first-order chi connectivity index (χ1) is 5.24. The summed E-state index contributed by atoms with van der Waals surface area (Å²) in [5.74, 6) is -0.179. The lowest BCUT2D eigenvalue weighted by molar-refractivity contribution is 0.403. The normalized spacial score (nSPS) is 9.91. The molecule has 4 N–H and O–H groups in total. The van der Waals surface area contributed by atoms with E-state index in [9.17, 15) is 0 Å². The first-order valence-corrected chi connectivity index (χ1v) is 3.45. The van der Waals surface area contributed by atoms with Crippen LogP contribution in [0.25, 0.3) is 0 Å². The maximum atomic E-state index is 9.04. The summed E-state index contributed by atoms with van der Waals surface area (Å²) in [6.45, 7) is 0.546. The Morgan fingerprint density at radius 2 is 1.91 bits per heavy atom. The van der Waals surface area contributed by atoms with E-state index in [1.807, 2.05) is 0 Å². The maximum Gasteiger partial charge on any atom is 0.157 e. The zero-order chi connectivity index (χ0) is 8.27. The van der Waals surface area contributed by atoms with Crippen LogP contribution in [0.5, 0.6) is 11.5 Å². The van der Waals surface area contributed by atoms with Crippen molar-refractivity contribution in [3.8, 4) is 11.5 Å². The highest BCUT2D eigenvalue weighted by molar-refractivity contribution is 5.40. The fourth-order valence-corrected chi connectivity index (χ4v) is 0.891. The van der Waals surface area contributed by atoms with E-state index in [1.54, 1.807) is 6.07 Å². The van der Waals surface area contributed by atoms with Crippen molar-refractivity contribution < 1.29 is 10.2 Å². The number of phenols is 2. The fourth-order valence-electron chi connectivity index (χ4n) is 0.891. The predicted molar refractivity (Wildman–Crippen MR) is 42.5 cm³/mol. The number of aromatic hydroxyl groups is 2. The monoisotopic (exact) mass is 156 g/mol. The van der Waals surface area contributed by atoms with Crippen molar-refractivity contribution in [1.29, 1.82) is 0 Å². The van der Waals surface area contributed by atoms with E-state index >= 15 is 0 Å². The van der Waals surface area contributed by atoms with E-state index < -0.39 is 0 Å². The summed E-state index contributed by atoms with van der Waals surface area (Å²) in [6.07, 6.45) is 0.716. The number of nitrogens with two attached hydrogens (primary N) is 1. The minimum Gasteiger partial charge on any atom is -0.504 e. The van der Waals surface area contributed by atoms with E-state index in [2.05, 4.69) is 0 Å². The van der Waals surface area contributed by atoms with Crippen LogP contribution in [0.2, 0.25) is 0 Å². The molecule has 3 nitrogen and oxygen atoms in total. The van der Waals surface area contributed by atoms with Crippen LogP contribution >= 0.6 is 0 Å². The van der Waals surface area contributed by atoms with Gasteiger partial charge in [-0.15, -0.1) is 0 Å². The Hall–Kier alpha value is -1.22. The first kappa shape index (κ1) is 7.88. The number of phenolic OH excluding ortho intramolecular Hbond substituents is 2. The molecule has 0 aliphatic rings. The lowest BCUT2D eigenvalue weighted by Gasteiger charge is -2.00. The lowest BCUT2D eigenvalue weighted by atomic mass is 10.5. The molecule has 0 bridgehead atoms. The molecule has 3 heteroatoms. The molecule has 1 aromatic carbocycles. The van der Waals surface area contributed by atoms with Crippen molar-refractivity contribution in [1.82, 2.24) is 0 Å². The van der Waals surface area contributed by atoms with Crippen LogP contribution in [-0.4, -0.2) is 16.8 Å². The number of hydrogen-bond acceptors (Lipinski definition) is 3. The van der Waals surface area contributed by atoms with Gasteiger partial charge in [0.15, 0.2) is 11.5 Å². The zero-order valence-corrected chi connectivity index (χ0v) is 6.12. The molecule has 0 radical (unpaired) electrons. The Labute approximate surface area is 65.1 Å². The van der Waals surface area contributed by atoms with Crippen LogP contribution in [0.15, 0.2) is 18.2 Å². The number of hydrogen-bond donors (Lipinski definition) is 3. The standard InChI is InChI=1S/C8H11NO2/c9-4-3-6-1-2-7(10)8(11)5-6/h1-2,5,10-11H,3-4,9H2/i6+1,7+1,8+1. The molecule has 1 rings (SSSR count). The summed E-state index contributed by atoms with van der Waals surface area (Å²) >= 11 is 0. The summed E-state index contributed by atoms with van der Waals surface area (Å²) in [5, 5.41) is 18.0. The maximum absolute atomic E-state index is 9.04. The van der Waals surface area contributed by atoms with Gasteiger partial charge in [-0.2, -0.15) is 0 Å². The Morgan fingerprint density at radius 1 is 1.18 bits per heavy atom. The molecule has 0 atom stereocenters. The van der Waals surface area contributed by atoms with Gasteiger partial charge in [-0.3, -0.25) is 0 Å². The quantitative estimate of drug-likeness (QED) is 0.549. The second-order valence-corrected chi connectivity index (χ2v) is 2.36. The third-order valence-corrected chi connectivity index (χ3v) is 1.47. The summed E-state index contributed by atoms with van der Waals surface area (Å²) in [5.41, 5.74) is 6.24. The van der Waals surface area contributed by atoms with Gasteiger partial charge in [-0.1, -0.05) is 6.07 Å². The van der Waals surface area contributed by atoms with Crippen molar-refractivity contribution in [2.45, 2.75) is 6.42 Å². The van der Waals surface area contributed by atoms with Crippen LogP contribution in [0.1, 0.15) is 5.56 Å². The van der Waals surface area contributed by atoms with Crippen LogP contribution in [0, 0.1) is 0 Å². The van der Waals surface area contributed by atoms with Gasteiger partial charge in [0.1, 0.15) is 0 Å². The molecule has 0 spiro atoms. The molecule has 0 saturated heterocycles. The Balaban J connectivity index is 2.86. The minimum absolute atomic E-state index is 0.0871. The van der Waals surface area contributed by atoms with E-state index in [4.69, 9.17) is 15.9 Å². The van der Waals surface area contributed by atoms with E-state index in [-0.39, 0.29) is 11.5 Å². The summed E-state index contributed by atoms with van der Waals surface area (Å²) < 4.78 is 0. The number of rotatable bonds is 2. The van der Waals surface area contributed by atoms with Gasteiger partial charge in [0.05, 0.1) is 0 Å². The fraction of sp³-hybridized carbons (Fsp3) is 0.250. The third-order valence-electron chi connectivity index (χ3n) is 1.47. The SMILES string of the molecule is NCC[13c]1cc[13c](O)[13c](O)c1. The smallest absolute Gasteiger partial charge is 0.157 e. The van der Waals surface area contributed by atoms with Crippen LogP contribution < -0.4 is 5.73 Å².